The monoisotopic (exact) mass is 434 g/mol. The van der Waals surface area contributed by atoms with Crippen LogP contribution in [0.25, 0.3) is 16.8 Å². The first-order valence-electron chi connectivity index (χ1n) is 10.5. The molecule has 2 N–H and O–H groups in total. The van der Waals surface area contributed by atoms with Gasteiger partial charge in [0, 0.05) is 16.8 Å². The molecule has 5 nitrogen and oxygen atoms in total. The van der Waals surface area contributed by atoms with Crippen LogP contribution < -0.4 is 10.6 Å². The van der Waals surface area contributed by atoms with Gasteiger partial charge in [0.15, 0.2) is 5.78 Å². The smallest absolute Gasteiger partial charge is 0.272 e. The molecule has 2 amide bonds. The van der Waals surface area contributed by atoms with Gasteiger partial charge < -0.3 is 10.6 Å². The van der Waals surface area contributed by atoms with Crippen molar-refractivity contribution in [2.45, 2.75) is 6.92 Å². The molecule has 4 aromatic carbocycles. The minimum Gasteiger partial charge on any atom is -0.321 e. The van der Waals surface area contributed by atoms with Crippen molar-refractivity contribution < 1.29 is 14.4 Å². The first kappa shape index (κ1) is 21.7. The molecule has 0 radical (unpaired) electrons. The number of nitrogens with one attached hydrogen (secondary N) is 2. The summed E-state index contributed by atoms with van der Waals surface area (Å²) >= 11 is 0. The SMILES string of the molecule is CC(=O)c1ccc(NC(=O)C(=Cc2ccccc2)NC(=O)c2cccc3ccccc23)cc1. The summed E-state index contributed by atoms with van der Waals surface area (Å²) in [7, 11) is 0. The van der Waals surface area contributed by atoms with Gasteiger partial charge in [-0.15, -0.1) is 0 Å². The highest BCUT2D eigenvalue weighted by Crippen LogP contribution is 2.19. The number of hydrogen-bond donors (Lipinski definition) is 2. The number of anilines is 1. The van der Waals surface area contributed by atoms with Crippen LogP contribution in [0.15, 0.2) is 103 Å². The molecule has 33 heavy (non-hydrogen) atoms. The Balaban J connectivity index is 1.63. The summed E-state index contributed by atoms with van der Waals surface area (Å²) in [5.41, 5.74) is 2.42. The minimum atomic E-state index is -0.469. The summed E-state index contributed by atoms with van der Waals surface area (Å²) in [6, 6.07) is 29.0. The fourth-order valence-corrected chi connectivity index (χ4v) is 3.47. The highest BCUT2D eigenvalue weighted by molar-refractivity contribution is 6.13. The number of amides is 2. The summed E-state index contributed by atoms with van der Waals surface area (Å²) in [4.78, 5) is 37.8. The predicted molar refractivity (Wildman–Crippen MR) is 131 cm³/mol. The molecular weight excluding hydrogens is 412 g/mol. The molecule has 0 bridgehead atoms. The first-order valence-corrected chi connectivity index (χ1v) is 10.5. The fourth-order valence-electron chi connectivity index (χ4n) is 3.47. The van der Waals surface area contributed by atoms with Crippen LogP contribution in [-0.2, 0) is 4.79 Å². The molecule has 0 spiro atoms. The molecule has 162 valence electrons. The standard InChI is InChI=1S/C28H22N2O3/c1-19(31)21-14-16-23(17-15-21)29-28(33)26(18-20-8-3-2-4-9-20)30-27(32)25-13-7-11-22-10-5-6-12-24(22)25/h2-18H,1H3,(H,29,33)(H,30,32). The van der Waals surface area contributed by atoms with Gasteiger partial charge in [0.1, 0.15) is 5.70 Å². The van der Waals surface area contributed by atoms with Crippen LogP contribution in [0.1, 0.15) is 33.2 Å². The van der Waals surface area contributed by atoms with E-state index in [1.165, 1.54) is 6.92 Å². The van der Waals surface area contributed by atoms with Gasteiger partial charge >= 0.3 is 0 Å². The van der Waals surface area contributed by atoms with Gasteiger partial charge in [0.2, 0.25) is 0 Å². The third-order valence-corrected chi connectivity index (χ3v) is 5.19. The van der Waals surface area contributed by atoms with E-state index in [2.05, 4.69) is 10.6 Å². The van der Waals surface area contributed by atoms with Crippen LogP contribution in [0.4, 0.5) is 5.69 Å². The third kappa shape index (κ3) is 5.22. The second-order valence-corrected chi connectivity index (χ2v) is 7.54. The Hall–Kier alpha value is -4.51. The lowest BCUT2D eigenvalue weighted by atomic mass is 10.0. The molecule has 0 saturated carbocycles. The Morgan fingerprint density at radius 1 is 0.727 bits per heavy atom. The van der Waals surface area contributed by atoms with E-state index in [9.17, 15) is 14.4 Å². The molecule has 4 aromatic rings. The Bertz CT molecular complexity index is 1350. The number of fused-ring (bicyclic) bond motifs is 1. The first-order chi connectivity index (χ1) is 16.0. The summed E-state index contributed by atoms with van der Waals surface area (Å²) in [6.45, 7) is 1.48. The number of rotatable bonds is 6. The molecule has 0 saturated heterocycles. The number of benzene rings is 4. The van der Waals surface area contributed by atoms with E-state index < -0.39 is 5.91 Å². The van der Waals surface area contributed by atoms with Gasteiger partial charge in [0.05, 0.1) is 0 Å². The zero-order valence-corrected chi connectivity index (χ0v) is 18.0. The van der Waals surface area contributed by atoms with E-state index in [0.29, 0.717) is 16.8 Å². The Kier molecular flexibility index (Phi) is 6.41. The topological polar surface area (TPSA) is 75.3 Å². The number of hydrogen-bond acceptors (Lipinski definition) is 3. The lowest BCUT2D eigenvalue weighted by Gasteiger charge is -2.13. The van der Waals surface area contributed by atoms with Crippen molar-refractivity contribution in [3.63, 3.8) is 0 Å². The molecule has 5 heteroatoms. The number of carbonyl (C=O) groups excluding carboxylic acids is 3. The van der Waals surface area contributed by atoms with Gasteiger partial charge in [-0.3, -0.25) is 14.4 Å². The van der Waals surface area contributed by atoms with Crippen molar-refractivity contribution in [1.82, 2.24) is 5.32 Å². The van der Waals surface area contributed by atoms with Gasteiger partial charge in [-0.2, -0.15) is 0 Å². The van der Waals surface area contributed by atoms with E-state index in [0.717, 1.165) is 16.3 Å². The quantitative estimate of drug-likeness (QED) is 0.313. The Labute approximate surface area is 191 Å². The summed E-state index contributed by atoms with van der Waals surface area (Å²) in [5, 5.41) is 7.31. The van der Waals surface area contributed by atoms with Crippen molar-refractivity contribution in [3.8, 4) is 0 Å². The van der Waals surface area contributed by atoms with Crippen LogP contribution in [0.3, 0.4) is 0 Å². The number of Topliss-reactive ketones (excluding diaryl/α,β-unsaturated/α-hetero) is 1. The van der Waals surface area contributed by atoms with Crippen molar-refractivity contribution in [1.29, 1.82) is 0 Å². The Morgan fingerprint density at radius 3 is 2.12 bits per heavy atom. The van der Waals surface area contributed by atoms with E-state index in [4.69, 9.17) is 0 Å². The molecule has 0 fully saturated rings. The lowest BCUT2D eigenvalue weighted by molar-refractivity contribution is -0.113. The maximum absolute atomic E-state index is 13.2. The van der Waals surface area contributed by atoms with Crippen molar-refractivity contribution in [3.05, 3.63) is 119 Å². The Morgan fingerprint density at radius 2 is 1.39 bits per heavy atom. The molecule has 0 aromatic heterocycles. The van der Waals surface area contributed by atoms with Crippen LogP contribution in [0.5, 0.6) is 0 Å². The molecule has 4 rings (SSSR count). The van der Waals surface area contributed by atoms with E-state index in [-0.39, 0.29) is 17.4 Å². The average Bonchev–Trinajstić information content (AvgIpc) is 2.84. The van der Waals surface area contributed by atoms with Crippen LogP contribution in [-0.4, -0.2) is 17.6 Å². The average molecular weight is 434 g/mol. The van der Waals surface area contributed by atoms with Crippen molar-refractivity contribution in [2.75, 3.05) is 5.32 Å². The fraction of sp³-hybridized carbons (Fsp3) is 0.0357. The molecule has 0 atom stereocenters. The number of carbonyl (C=O) groups is 3. The maximum atomic E-state index is 13.2. The second-order valence-electron chi connectivity index (χ2n) is 7.54. The molecule has 0 aliphatic rings. The predicted octanol–water partition coefficient (Wildman–Crippen LogP) is 5.45. The van der Waals surface area contributed by atoms with Crippen LogP contribution in [0, 0.1) is 0 Å². The molecule has 0 aliphatic heterocycles. The van der Waals surface area contributed by atoms with Crippen molar-refractivity contribution in [2.24, 2.45) is 0 Å². The van der Waals surface area contributed by atoms with E-state index >= 15 is 0 Å². The molecule has 0 aliphatic carbocycles. The van der Waals surface area contributed by atoms with E-state index in [1.54, 1.807) is 36.4 Å². The lowest BCUT2D eigenvalue weighted by Crippen LogP contribution is -2.30. The van der Waals surface area contributed by atoms with Crippen LogP contribution >= 0.6 is 0 Å². The van der Waals surface area contributed by atoms with Gasteiger partial charge in [0.25, 0.3) is 11.8 Å². The highest BCUT2D eigenvalue weighted by Gasteiger charge is 2.17. The largest absolute Gasteiger partial charge is 0.321 e. The zero-order chi connectivity index (χ0) is 23.2. The third-order valence-electron chi connectivity index (χ3n) is 5.19. The second kappa shape index (κ2) is 9.75. The van der Waals surface area contributed by atoms with Gasteiger partial charge in [-0.1, -0.05) is 66.7 Å². The minimum absolute atomic E-state index is 0.0557. The van der Waals surface area contributed by atoms with Crippen molar-refractivity contribution >= 4 is 40.1 Å². The zero-order valence-electron chi connectivity index (χ0n) is 18.0. The highest BCUT2D eigenvalue weighted by atomic mass is 16.2. The summed E-state index contributed by atoms with van der Waals surface area (Å²) in [6.07, 6.45) is 1.63. The summed E-state index contributed by atoms with van der Waals surface area (Å²) in [5.74, 6) is -0.904. The van der Waals surface area contributed by atoms with Gasteiger partial charge in [-0.05, 0) is 59.7 Å². The summed E-state index contributed by atoms with van der Waals surface area (Å²) < 4.78 is 0. The molecule has 0 heterocycles. The van der Waals surface area contributed by atoms with E-state index in [1.807, 2.05) is 66.7 Å². The maximum Gasteiger partial charge on any atom is 0.272 e. The number of ketones is 1. The van der Waals surface area contributed by atoms with Gasteiger partial charge in [-0.25, -0.2) is 0 Å². The normalized spacial score (nSPS) is 11.1. The molecular formula is C28H22N2O3. The molecule has 0 unspecified atom stereocenters. The van der Waals surface area contributed by atoms with Crippen LogP contribution in [0.2, 0.25) is 0 Å².